The van der Waals surface area contributed by atoms with E-state index in [0.717, 1.165) is 16.4 Å². The van der Waals surface area contributed by atoms with Gasteiger partial charge in [0.1, 0.15) is 0 Å². The van der Waals surface area contributed by atoms with E-state index in [4.69, 9.17) is 4.74 Å². The Kier molecular flexibility index (Phi) is 4.92. The van der Waals surface area contributed by atoms with Crippen molar-refractivity contribution in [1.82, 2.24) is 8.61 Å². The second-order valence-corrected chi connectivity index (χ2v) is 6.87. The van der Waals surface area contributed by atoms with Crippen LogP contribution in [0.1, 0.15) is 18.5 Å². The van der Waals surface area contributed by atoms with Crippen molar-refractivity contribution in [1.29, 1.82) is 0 Å². The van der Waals surface area contributed by atoms with Gasteiger partial charge in [-0.05, 0) is 24.6 Å². The first kappa shape index (κ1) is 16.3. The molecule has 1 aliphatic heterocycles. The van der Waals surface area contributed by atoms with Crippen LogP contribution in [0.25, 0.3) is 0 Å². The Morgan fingerprint density at radius 1 is 1.24 bits per heavy atom. The summed E-state index contributed by atoms with van der Waals surface area (Å²) in [6.07, 6.45) is 0. The molecule has 1 saturated heterocycles. The molecule has 0 bridgehead atoms. The molecule has 1 aromatic rings. The maximum atomic E-state index is 13.3. The topological polar surface area (TPSA) is 49.9 Å². The zero-order chi connectivity index (χ0) is 15.6. The molecule has 1 unspecified atom stereocenters. The van der Waals surface area contributed by atoms with E-state index >= 15 is 0 Å². The van der Waals surface area contributed by atoms with Gasteiger partial charge in [-0.1, -0.05) is 6.07 Å². The first-order valence-corrected chi connectivity index (χ1v) is 7.99. The normalized spacial score (nSPS) is 18.9. The summed E-state index contributed by atoms with van der Waals surface area (Å²) >= 11 is 0. The van der Waals surface area contributed by atoms with Crippen LogP contribution in [-0.4, -0.2) is 50.4 Å². The largest absolute Gasteiger partial charge is 0.379 e. The molecule has 0 radical (unpaired) electrons. The summed E-state index contributed by atoms with van der Waals surface area (Å²) in [6.45, 7) is 2.91. The summed E-state index contributed by atoms with van der Waals surface area (Å²) < 4.78 is 58.8. The number of morpholine rings is 1. The number of halogens is 2. The molecule has 0 aromatic heterocycles. The fourth-order valence-electron chi connectivity index (χ4n) is 2.14. The highest BCUT2D eigenvalue weighted by Gasteiger charge is 2.32. The van der Waals surface area contributed by atoms with Crippen molar-refractivity contribution >= 4 is 10.2 Å². The summed E-state index contributed by atoms with van der Waals surface area (Å²) in [5.74, 6) is -1.94. The van der Waals surface area contributed by atoms with E-state index in [2.05, 4.69) is 0 Å². The van der Waals surface area contributed by atoms with E-state index in [1.807, 2.05) is 0 Å². The minimum absolute atomic E-state index is 0.289. The average molecular weight is 320 g/mol. The number of benzene rings is 1. The third kappa shape index (κ3) is 3.39. The van der Waals surface area contributed by atoms with Crippen LogP contribution in [0.3, 0.4) is 0 Å². The quantitative estimate of drug-likeness (QED) is 0.845. The van der Waals surface area contributed by atoms with Crippen LogP contribution < -0.4 is 0 Å². The minimum Gasteiger partial charge on any atom is -0.379 e. The molecule has 1 heterocycles. The van der Waals surface area contributed by atoms with E-state index in [0.29, 0.717) is 18.8 Å². The van der Waals surface area contributed by atoms with Gasteiger partial charge in [0.15, 0.2) is 11.6 Å². The lowest BCUT2D eigenvalue weighted by Crippen LogP contribution is -2.47. The Balaban J connectivity index is 2.20. The third-order valence-electron chi connectivity index (χ3n) is 3.63. The number of hydrogen-bond donors (Lipinski definition) is 0. The van der Waals surface area contributed by atoms with Crippen LogP contribution >= 0.6 is 0 Å². The molecular formula is C13H18F2N2O3S. The van der Waals surface area contributed by atoms with Crippen LogP contribution in [0.2, 0.25) is 0 Å². The van der Waals surface area contributed by atoms with Gasteiger partial charge < -0.3 is 4.74 Å². The van der Waals surface area contributed by atoms with Gasteiger partial charge >= 0.3 is 0 Å². The van der Waals surface area contributed by atoms with Gasteiger partial charge in [-0.3, -0.25) is 0 Å². The van der Waals surface area contributed by atoms with Gasteiger partial charge in [-0.2, -0.15) is 17.0 Å². The lowest BCUT2D eigenvalue weighted by Gasteiger charge is -2.33. The van der Waals surface area contributed by atoms with Crippen molar-refractivity contribution in [3.63, 3.8) is 0 Å². The highest BCUT2D eigenvalue weighted by atomic mass is 32.2. The fourth-order valence-corrected chi connectivity index (χ4v) is 3.64. The van der Waals surface area contributed by atoms with E-state index in [-0.39, 0.29) is 13.1 Å². The Morgan fingerprint density at radius 3 is 2.43 bits per heavy atom. The number of nitrogens with zero attached hydrogens (tertiary/aromatic N) is 2. The van der Waals surface area contributed by atoms with Crippen molar-refractivity contribution in [3.05, 3.63) is 35.4 Å². The second-order valence-electron chi connectivity index (χ2n) is 4.88. The molecule has 0 aliphatic carbocycles. The number of ether oxygens (including phenoxy) is 1. The van der Waals surface area contributed by atoms with Crippen LogP contribution in [0.4, 0.5) is 8.78 Å². The Bertz CT molecular complexity index is 603. The van der Waals surface area contributed by atoms with Crippen molar-refractivity contribution in [3.8, 4) is 0 Å². The fraction of sp³-hybridized carbons (Fsp3) is 0.538. The van der Waals surface area contributed by atoms with Gasteiger partial charge in [0, 0.05) is 26.2 Å². The van der Waals surface area contributed by atoms with Crippen LogP contribution in [-0.2, 0) is 14.9 Å². The third-order valence-corrected chi connectivity index (χ3v) is 5.69. The Morgan fingerprint density at radius 2 is 1.86 bits per heavy atom. The minimum atomic E-state index is -3.66. The molecule has 21 heavy (non-hydrogen) atoms. The first-order chi connectivity index (χ1) is 9.84. The van der Waals surface area contributed by atoms with Crippen molar-refractivity contribution in [2.75, 3.05) is 33.4 Å². The molecule has 2 rings (SSSR count). The van der Waals surface area contributed by atoms with Crippen LogP contribution in [0, 0.1) is 11.6 Å². The first-order valence-electron chi connectivity index (χ1n) is 6.60. The molecule has 0 amide bonds. The Labute approximate surface area is 123 Å². The van der Waals surface area contributed by atoms with Gasteiger partial charge in [-0.25, -0.2) is 8.78 Å². The van der Waals surface area contributed by atoms with Crippen molar-refractivity contribution < 1.29 is 21.9 Å². The standard InChI is InChI=1S/C13H18F2N2O3S/c1-10(11-3-4-12(14)13(15)9-11)16(2)21(18,19)17-5-7-20-8-6-17/h3-4,9-10H,5-8H2,1-2H3. The molecule has 1 atom stereocenters. The maximum Gasteiger partial charge on any atom is 0.282 e. The van der Waals surface area contributed by atoms with Crippen LogP contribution in [0.15, 0.2) is 18.2 Å². The monoisotopic (exact) mass is 320 g/mol. The molecule has 1 aromatic carbocycles. The molecular weight excluding hydrogens is 302 g/mol. The molecule has 0 spiro atoms. The summed E-state index contributed by atoms with van der Waals surface area (Å²) in [6, 6.07) is 2.80. The second kappa shape index (κ2) is 6.35. The number of hydrogen-bond acceptors (Lipinski definition) is 3. The van der Waals surface area contributed by atoms with Gasteiger partial charge in [0.25, 0.3) is 10.2 Å². The molecule has 5 nitrogen and oxygen atoms in total. The molecule has 0 N–H and O–H groups in total. The summed E-state index contributed by atoms with van der Waals surface area (Å²) in [7, 11) is -2.23. The zero-order valence-corrected chi connectivity index (χ0v) is 12.7. The Hall–Kier alpha value is -1.09. The predicted octanol–water partition coefficient (Wildman–Crippen LogP) is 1.53. The van der Waals surface area contributed by atoms with E-state index < -0.39 is 27.9 Å². The van der Waals surface area contributed by atoms with Crippen molar-refractivity contribution in [2.24, 2.45) is 0 Å². The van der Waals surface area contributed by atoms with Crippen LogP contribution in [0.5, 0.6) is 0 Å². The summed E-state index contributed by atoms with van der Waals surface area (Å²) in [5, 5.41) is 0. The molecule has 1 aliphatic rings. The highest BCUT2D eigenvalue weighted by molar-refractivity contribution is 7.86. The molecule has 8 heteroatoms. The van der Waals surface area contributed by atoms with Gasteiger partial charge in [-0.15, -0.1) is 0 Å². The molecule has 0 saturated carbocycles. The SMILES string of the molecule is CC(c1ccc(F)c(F)c1)N(C)S(=O)(=O)N1CCOCC1. The lowest BCUT2D eigenvalue weighted by molar-refractivity contribution is 0.0700. The van der Waals surface area contributed by atoms with Gasteiger partial charge in [0.2, 0.25) is 0 Å². The zero-order valence-electron chi connectivity index (χ0n) is 11.9. The summed E-state index contributed by atoms with van der Waals surface area (Å²) in [4.78, 5) is 0. The van der Waals surface area contributed by atoms with E-state index in [1.54, 1.807) is 6.92 Å². The lowest BCUT2D eigenvalue weighted by atomic mass is 10.1. The highest BCUT2D eigenvalue weighted by Crippen LogP contribution is 2.25. The summed E-state index contributed by atoms with van der Waals surface area (Å²) in [5.41, 5.74) is 0.397. The molecule has 1 fully saturated rings. The predicted molar refractivity (Wildman–Crippen MR) is 73.8 cm³/mol. The smallest absolute Gasteiger partial charge is 0.282 e. The van der Waals surface area contributed by atoms with Gasteiger partial charge in [0.05, 0.1) is 13.2 Å². The van der Waals surface area contributed by atoms with E-state index in [9.17, 15) is 17.2 Å². The van der Waals surface area contributed by atoms with E-state index in [1.165, 1.54) is 17.4 Å². The van der Waals surface area contributed by atoms with Crippen molar-refractivity contribution in [2.45, 2.75) is 13.0 Å². The average Bonchev–Trinajstić information content (AvgIpc) is 2.49. The molecule has 118 valence electrons. The number of rotatable bonds is 4. The maximum absolute atomic E-state index is 13.3.